The van der Waals surface area contributed by atoms with Crippen LogP contribution in [0.25, 0.3) is 32.0 Å². The molecule has 53 heavy (non-hydrogen) atoms. The summed E-state index contributed by atoms with van der Waals surface area (Å²) in [6.45, 7) is 3.23. The van der Waals surface area contributed by atoms with Gasteiger partial charge in [0.1, 0.15) is 22.7 Å². The fourth-order valence-electron chi connectivity index (χ4n) is 7.83. The first-order valence-corrected chi connectivity index (χ1v) is 19.4. The van der Waals surface area contributed by atoms with Crippen molar-refractivity contribution in [3.05, 3.63) is 117 Å². The zero-order valence-corrected chi connectivity index (χ0v) is 31.1. The van der Waals surface area contributed by atoms with Crippen LogP contribution in [-0.4, -0.2) is 77.6 Å². The average molecular weight is 751 g/mol. The highest BCUT2D eigenvalue weighted by Gasteiger charge is 2.42. The number of aryl methyl sites for hydroxylation is 2. The number of hydrogen-bond acceptors (Lipinski definition) is 8. The molecule has 13 heteroatoms. The van der Waals surface area contributed by atoms with Crippen LogP contribution in [0, 0.1) is 18.7 Å². The zero-order valence-electron chi connectivity index (χ0n) is 29.4. The third-order valence-electron chi connectivity index (χ3n) is 10.8. The highest BCUT2D eigenvalue weighted by atomic mass is 32.1. The third kappa shape index (κ3) is 6.73. The van der Waals surface area contributed by atoms with Gasteiger partial charge in [-0.2, -0.15) is 0 Å². The molecule has 0 radical (unpaired) electrons. The lowest BCUT2D eigenvalue weighted by Gasteiger charge is -2.43. The molecule has 2 aliphatic heterocycles. The summed E-state index contributed by atoms with van der Waals surface area (Å²) < 4.78 is 18.7. The van der Waals surface area contributed by atoms with Crippen LogP contribution in [0.3, 0.4) is 0 Å². The molecule has 10 nitrogen and oxygen atoms in total. The predicted molar refractivity (Wildman–Crippen MR) is 204 cm³/mol. The van der Waals surface area contributed by atoms with Crippen molar-refractivity contribution in [1.82, 2.24) is 28.9 Å². The number of likely N-dealkylation sites (tertiary alicyclic amines) is 2. The summed E-state index contributed by atoms with van der Waals surface area (Å²) in [6, 6.07) is 20.6. The number of amides is 2. The molecule has 2 aliphatic rings. The van der Waals surface area contributed by atoms with Crippen molar-refractivity contribution in [2.75, 3.05) is 26.2 Å². The van der Waals surface area contributed by atoms with Crippen molar-refractivity contribution < 1.29 is 19.1 Å². The Hall–Kier alpha value is -4.98. The molecule has 0 bridgehead atoms. The highest BCUT2D eigenvalue weighted by Crippen LogP contribution is 2.38. The summed E-state index contributed by atoms with van der Waals surface area (Å²) in [5.74, 6) is -1.61. The highest BCUT2D eigenvalue weighted by molar-refractivity contribution is 7.17. The van der Waals surface area contributed by atoms with Crippen LogP contribution >= 0.6 is 22.7 Å². The number of carbonyl (C=O) groups excluding carboxylic acids is 2. The van der Waals surface area contributed by atoms with Crippen LogP contribution < -0.4 is 5.56 Å². The summed E-state index contributed by atoms with van der Waals surface area (Å²) in [4.78, 5) is 55.7. The molecule has 2 atom stereocenters. The second-order valence-corrected chi connectivity index (χ2v) is 16.2. The summed E-state index contributed by atoms with van der Waals surface area (Å²) in [7, 11) is 1.89. The number of halogens is 1. The Labute approximate surface area is 313 Å². The van der Waals surface area contributed by atoms with E-state index >= 15 is 4.39 Å². The van der Waals surface area contributed by atoms with E-state index in [4.69, 9.17) is 0 Å². The van der Waals surface area contributed by atoms with Gasteiger partial charge >= 0.3 is 0 Å². The van der Waals surface area contributed by atoms with Crippen LogP contribution in [0.15, 0.2) is 89.4 Å². The maximum absolute atomic E-state index is 15.3. The maximum atomic E-state index is 15.3. The Morgan fingerprint density at radius 3 is 2.51 bits per heavy atom. The van der Waals surface area contributed by atoms with Crippen molar-refractivity contribution in [2.24, 2.45) is 13.0 Å². The molecule has 272 valence electrons. The van der Waals surface area contributed by atoms with E-state index in [1.165, 1.54) is 17.0 Å². The van der Waals surface area contributed by atoms with Gasteiger partial charge < -0.3 is 19.5 Å². The first-order chi connectivity index (χ1) is 25.6. The van der Waals surface area contributed by atoms with E-state index in [9.17, 15) is 19.5 Å². The zero-order chi connectivity index (χ0) is 36.9. The van der Waals surface area contributed by atoms with Gasteiger partial charge in [0.05, 0.1) is 28.1 Å². The molecule has 7 heterocycles. The number of carbonyl (C=O) groups is 2. The van der Waals surface area contributed by atoms with Crippen LogP contribution in [0.5, 0.6) is 0 Å². The average Bonchev–Trinajstić information content (AvgIpc) is 3.92. The van der Waals surface area contributed by atoms with Gasteiger partial charge in [0.25, 0.3) is 11.5 Å². The lowest BCUT2D eigenvalue weighted by atomic mass is 9.79. The minimum Gasteiger partial charge on any atom is -0.388 e. The van der Waals surface area contributed by atoms with Gasteiger partial charge in [-0.3, -0.25) is 23.9 Å². The van der Waals surface area contributed by atoms with E-state index in [1.54, 1.807) is 28.5 Å². The number of rotatable bonds is 7. The summed E-state index contributed by atoms with van der Waals surface area (Å²) >= 11 is 2.73. The van der Waals surface area contributed by atoms with E-state index in [0.717, 1.165) is 38.7 Å². The Kier molecular flexibility index (Phi) is 9.33. The summed E-state index contributed by atoms with van der Waals surface area (Å²) in [5, 5.41) is 14.2. The monoisotopic (exact) mass is 750 g/mol. The smallest absolute Gasteiger partial charge is 0.266 e. The molecular weight excluding hydrogens is 712 g/mol. The molecule has 1 N–H and O–H groups in total. The van der Waals surface area contributed by atoms with Crippen molar-refractivity contribution in [2.45, 2.75) is 44.2 Å². The number of aliphatic hydroxyl groups is 1. The maximum Gasteiger partial charge on any atom is 0.266 e. The molecule has 0 aliphatic carbocycles. The van der Waals surface area contributed by atoms with Crippen molar-refractivity contribution in [3.8, 4) is 21.0 Å². The summed E-state index contributed by atoms with van der Waals surface area (Å²) in [6.07, 6.45) is 4.22. The van der Waals surface area contributed by atoms with E-state index < -0.39 is 11.4 Å². The SMILES string of the molecule is Cc1cc(-c2cc(F)c(C(=O)N3CC[C@@H](C(=O)N4CCC(O)(Cn5cnc6c(cc(-c7cccs7)n6C)c5=O)CC4)[C@H](c4ccccc4)C3)s2)ccn1. The normalized spacial score (nSPS) is 18.8. The quantitative estimate of drug-likeness (QED) is 0.204. The Morgan fingerprint density at radius 1 is 0.981 bits per heavy atom. The number of hydrogen-bond donors (Lipinski definition) is 1. The van der Waals surface area contributed by atoms with Crippen LogP contribution in [0.4, 0.5) is 4.39 Å². The fraction of sp³-hybridized carbons (Fsp3) is 0.325. The van der Waals surface area contributed by atoms with Crippen LogP contribution in [-0.2, 0) is 18.4 Å². The molecule has 2 saturated heterocycles. The topological polar surface area (TPSA) is 114 Å². The number of thiophene rings is 2. The van der Waals surface area contributed by atoms with Crippen LogP contribution in [0.2, 0.25) is 0 Å². The lowest BCUT2D eigenvalue weighted by molar-refractivity contribution is -0.142. The van der Waals surface area contributed by atoms with Crippen molar-refractivity contribution in [1.29, 1.82) is 0 Å². The van der Waals surface area contributed by atoms with E-state index in [1.807, 2.05) is 83.4 Å². The van der Waals surface area contributed by atoms with Gasteiger partial charge in [0.15, 0.2) is 0 Å². The number of piperidine rings is 2. The standard InChI is InChI=1S/C40H39FN6O4S2/c1-25-19-27(10-14-42-25)34-21-31(41)35(53-34)39(50)46-15-11-28(30(22-46)26-7-4-3-5-8-26)37(48)45-16-12-40(51,13-17-45)23-47-24-43-36-29(38(47)49)20-32(44(36)2)33-9-6-18-52-33/h3-10,14,18-21,24,28,30,51H,11-13,15-17,22-23H2,1-2H3/t28-,30+/m1/s1. The van der Waals surface area contributed by atoms with E-state index in [2.05, 4.69) is 9.97 Å². The number of aromatic nitrogens is 4. The van der Waals surface area contributed by atoms with E-state index in [0.29, 0.717) is 54.8 Å². The Bertz CT molecular complexity index is 2360. The molecule has 8 rings (SSSR count). The molecule has 2 amide bonds. The predicted octanol–water partition coefficient (Wildman–Crippen LogP) is 6.33. The van der Waals surface area contributed by atoms with Gasteiger partial charge in [-0.1, -0.05) is 36.4 Å². The van der Waals surface area contributed by atoms with Gasteiger partial charge in [-0.15, -0.1) is 22.7 Å². The van der Waals surface area contributed by atoms with Gasteiger partial charge in [0.2, 0.25) is 5.91 Å². The molecule has 2 fully saturated rings. The number of nitrogens with zero attached hydrogens (tertiary/aromatic N) is 6. The van der Waals surface area contributed by atoms with E-state index in [-0.39, 0.29) is 47.2 Å². The number of benzene rings is 1. The Morgan fingerprint density at radius 2 is 1.77 bits per heavy atom. The fourth-order valence-corrected chi connectivity index (χ4v) is 9.61. The molecular formula is C40H39FN6O4S2. The summed E-state index contributed by atoms with van der Waals surface area (Å²) in [5.41, 5.74) is 2.67. The molecule has 0 unspecified atom stereocenters. The molecule has 0 saturated carbocycles. The molecule has 1 aromatic carbocycles. The minimum absolute atomic E-state index is 0.0173. The largest absolute Gasteiger partial charge is 0.388 e. The molecule has 0 spiro atoms. The van der Waals surface area contributed by atoms with Gasteiger partial charge in [0, 0.05) is 61.8 Å². The number of pyridine rings is 1. The third-order valence-corrected chi connectivity index (χ3v) is 12.8. The van der Waals surface area contributed by atoms with Crippen LogP contribution in [0.1, 0.15) is 46.1 Å². The first kappa shape index (κ1) is 35.1. The molecule has 6 aromatic rings. The number of fused-ring (bicyclic) bond motifs is 1. The van der Waals surface area contributed by atoms with Gasteiger partial charge in [-0.25, -0.2) is 9.37 Å². The van der Waals surface area contributed by atoms with Crippen molar-refractivity contribution in [3.63, 3.8) is 0 Å². The Balaban J connectivity index is 0.962. The second kappa shape index (κ2) is 14.1. The minimum atomic E-state index is -1.19. The van der Waals surface area contributed by atoms with Crippen molar-refractivity contribution >= 4 is 45.5 Å². The lowest BCUT2D eigenvalue weighted by Crippen LogP contribution is -2.53. The first-order valence-electron chi connectivity index (χ1n) is 17.7. The second-order valence-electron chi connectivity index (χ2n) is 14.2. The molecule has 5 aromatic heterocycles. The van der Waals surface area contributed by atoms with Gasteiger partial charge in [-0.05, 0) is 73.0 Å².